The van der Waals surface area contributed by atoms with E-state index in [9.17, 15) is 27.6 Å². The Labute approximate surface area is 194 Å². The summed E-state index contributed by atoms with van der Waals surface area (Å²) >= 11 is 0. The van der Waals surface area contributed by atoms with Crippen molar-refractivity contribution in [3.8, 4) is 11.5 Å². The number of ether oxygens (including phenoxy) is 2. The van der Waals surface area contributed by atoms with E-state index in [2.05, 4.69) is 0 Å². The normalized spacial score (nSPS) is 18.1. The zero-order valence-corrected chi connectivity index (χ0v) is 18.7. The lowest BCUT2D eigenvalue weighted by Crippen LogP contribution is -2.69. The molecule has 0 bridgehead atoms. The number of hydrogen-bond donors (Lipinski definition) is 2. The van der Waals surface area contributed by atoms with Crippen molar-refractivity contribution in [2.45, 2.75) is 38.2 Å². The van der Waals surface area contributed by atoms with Gasteiger partial charge in [0.15, 0.2) is 0 Å². The minimum atomic E-state index is -5.29. The predicted molar refractivity (Wildman–Crippen MR) is 115 cm³/mol. The molecule has 0 aromatic heterocycles. The molecule has 1 atom stereocenters. The number of imide groups is 1. The number of rotatable bonds is 8. The summed E-state index contributed by atoms with van der Waals surface area (Å²) < 4.78 is 52.6. The number of benzene rings is 2. The summed E-state index contributed by atoms with van der Waals surface area (Å²) in [4.78, 5) is 38.2. The van der Waals surface area contributed by atoms with Crippen LogP contribution in [0.5, 0.6) is 11.5 Å². The second-order valence-corrected chi connectivity index (χ2v) is 7.88. The van der Waals surface area contributed by atoms with Crippen LogP contribution >= 0.6 is 0 Å². The molecule has 182 valence electrons. The fourth-order valence-electron chi connectivity index (χ4n) is 3.36. The average molecular weight is 479 g/mol. The molecule has 11 heteroatoms. The SMILES string of the molecule is COc1ccc(CCN2C(=O)N[C@](NC(=O)c3ccc(OC(C)C)cc3)(C(F)(F)F)C2=O)cc1. The number of alkyl halides is 3. The molecule has 0 spiro atoms. The van der Waals surface area contributed by atoms with Gasteiger partial charge in [-0.1, -0.05) is 12.1 Å². The van der Waals surface area contributed by atoms with E-state index in [1.165, 1.54) is 31.4 Å². The Balaban J connectivity index is 1.77. The Morgan fingerprint density at radius 1 is 1.06 bits per heavy atom. The maximum atomic E-state index is 14.0. The molecule has 8 nitrogen and oxygen atoms in total. The highest BCUT2D eigenvalue weighted by Crippen LogP contribution is 2.34. The monoisotopic (exact) mass is 479 g/mol. The topological polar surface area (TPSA) is 97.0 Å². The molecule has 0 saturated carbocycles. The van der Waals surface area contributed by atoms with Crippen LogP contribution in [0.4, 0.5) is 18.0 Å². The molecule has 1 aliphatic rings. The van der Waals surface area contributed by atoms with Crippen molar-refractivity contribution in [1.29, 1.82) is 0 Å². The van der Waals surface area contributed by atoms with Crippen molar-refractivity contribution in [1.82, 2.24) is 15.5 Å². The van der Waals surface area contributed by atoms with Crippen LogP contribution in [-0.2, 0) is 11.2 Å². The zero-order valence-electron chi connectivity index (χ0n) is 18.7. The van der Waals surface area contributed by atoms with E-state index >= 15 is 0 Å². The number of nitrogens with zero attached hydrogens (tertiary/aromatic N) is 1. The third kappa shape index (κ3) is 5.08. The highest BCUT2D eigenvalue weighted by atomic mass is 19.4. The Bertz CT molecular complexity index is 1060. The van der Waals surface area contributed by atoms with Gasteiger partial charge < -0.3 is 14.8 Å². The van der Waals surface area contributed by atoms with Crippen LogP contribution in [0, 0.1) is 0 Å². The molecule has 34 heavy (non-hydrogen) atoms. The van der Waals surface area contributed by atoms with Gasteiger partial charge in [-0.2, -0.15) is 13.2 Å². The quantitative estimate of drug-likeness (QED) is 0.567. The minimum absolute atomic E-state index is 0.113. The summed E-state index contributed by atoms with van der Waals surface area (Å²) in [6.07, 6.45) is -5.31. The first-order chi connectivity index (χ1) is 16.0. The number of nitrogens with one attached hydrogen (secondary N) is 2. The first-order valence-corrected chi connectivity index (χ1v) is 10.4. The van der Waals surface area contributed by atoms with Crippen molar-refractivity contribution in [3.63, 3.8) is 0 Å². The van der Waals surface area contributed by atoms with Crippen LogP contribution in [-0.4, -0.2) is 54.3 Å². The number of methoxy groups -OCH3 is 1. The average Bonchev–Trinajstić information content (AvgIpc) is 3.02. The molecule has 3 rings (SSSR count). The summed E-state index contributed by atoms with van der Waals surface area (Å²) in [5.41, 5.74) is -3.04. The molecule has 1 saturated heterocycles. The molecule has 0 unspecified atom stereocenters. The number of hydrogen-bond acceptors (Lipinski definition) is 5. The lowest BCUT2D eigenvalue weighted by Gasteiger charge is -2.30. The van der Waals surface area contributed by atoms with Gasteiger partial charge in [0.05, 0.1) is 13.2 Å². The molecule has 2 N–H and O–H groups in total. The van der Waals surface area contributed by atoms with Crippen molar-refractivity contribution < 1.29 is 37.0 Å². The van der Waals surface area contributed by atoms with Gasteiger partial charge in [0, 0.05) is 12.1 Å². The zero-order chi connectivity index (χ0) is 25.1. The van der Waals surface area contributed by atoms with Crippen LogP contribution in [0.2, 0.25) is 0 Å². The predicted octanol–water partition coefficient (Wildman–Crippen LogP) is 3.27. The van der Waals surface area contributed by atoms with E-state index in [-0.39, 0.29) is 24.6 Å². The Morgan fingerprint density at radius 3 is 2.18 bits per heavy atom. The van der Waals surface area contributed by atoms with E-state index in [0.29, 0.717) is 22.0 Å². The molecular formula is C23H24F3N3O5. The van der Waals surface area contributed by atoms with Gasteiger partial charge in [-0.3, -0.25) is 19.8 Å². The van der Waals surface area contributed by atoms with Crippen LogP contribution in [0.3, 0.4) is 0 Å². The third-order valence-corrected chi connectivity index (χ3v) is 5.10. The van der Waals surface area contributed by atoms with Gasteiger partial charge in [0.1, 0.15) is 11.5 Å². The number of amides is 4. The largest absolute Gasteiger partial charge is 0.497 e. The van der Waals surface area contributed by atoms with Gasteiger partial charge in [-0.05, 0) is 62.2 Å². The molecule has 2 aromatic carbocycles. The van der Waals surface area contributed by atoms with Gasteiger partial charge in [-0.25, -0.2) is 4.79 Å². The first kappa shape index (κ1) is 24.9. The lowest BCUT2D eigenvalue weighted by atomic mass is 10.1. The number of carbonyl (C=O) groups excluding carboxylic acids is 3. The Kier molecular flexibility index (Phi) is 7.04. The second kappa shape index (κ2) is 9.62. The molecule has 1 fully saturated rings. The van der Waals surface area contributed by atoms with E-state index in [0.717, 1.165) is 0 Å². The summed E-state index contributed by atoms with van der Waals surface area (Å²) in [7, 11) is 1.49. The number of urea groups is 1. The summed E-state index contributed by atoms with van der Waals surface area (Å²) in [5, 5.41) is 3.32. The van der Waals surface area contributed by atoms with E-state index in [1.54, 1.807) is 48.7 Å². The van der Waals surface area contributed by atoms with Gasteiger partial charge in [-0.15, -0.1) is 0 Å². The van der Waals surface area contributed by atoms with Crippen LogP contribution in [0.1, 0.15) is 29.8 Å². The molecule has 0 radical (unpaired) electrons. The fraction of sp³-hybridized carbons (Fsp3) is 0.348. The van der Waals surface area contributed by atoms with Gasteiger partial charge in [0.2, 0.25) is 0 Å². The number of halogens is 3. The van der Waals surface area contributed by atoms with Crippen molar-refractivity contribution in [2.75, 3.05) is 13.7 Å². The van der Waals surface area contributed by atoms with E-state index in [4.69, 9.17) is 9.47 Å². The van der Waals surface area contributed by atoms with Crippen molar-refractivity contribution >= 4 is 17.8 Å². The maximum Gasteiger partial charge on any atom is 0.440 e. The summed E-state index contributed by atoms with van der Waals surface area (Å²) in [6, 6.07) is 10.8. The standard InChI is InChI=1S/C23H24F3N3O5/c1-14(2)34-18-10-6-16(7-11-18)19(30)27-22(23(24,25)26)20(31)29(21(32)28-22)13-12-15-4-8-17(33-3)9-5-15/h4-11,14H,12-13H2,1-3H3,(H,27,30)(H,28,32)/t22-/m0/s1. The Morgan fingerprint density at radius 2 is 1.65 bits per heavy atom. The second-order valence-electron chi connectivity index (χ2n) is 7.88. The molecule has 1 aliphatic heterocycles. The van der Waals surface area contributed by atoms with Crippen molar-refractivity contribution in [3.05, 3.63) is 59.7 Å². The molecule has 2 aromatic rings. The summed E-state index contributed by atoms with van der Waals surface area (Å²) in [6.45, 7) is 3.27. The van der Waals surface area contributed by atoms with Crippen LogP contribution in [0.15, 0.2) is 48.5 Å². The highest BCUT2D eigenvalue weighted by molar-refractivity contribution is 6.10. The number of carbonyl (C=O) groups is 3. The molecular weight excluding hydrogens is 455 g/mol. The minimum Gasteiger partial charge on any atom is -0.497 e. The van der Waals surface area contributed by atoms with Gasteiger partial charge >= 0.3 is 12.2 Å². The molecule has 4 amide bonds. The highest BCUT2D eigenvalue weighted by Gasteiger charge is 2.68. The molecule has 1 heterocycles. The first-order valence-electron chi connectivity index (χ1n) is 10.4. The molecule has 0 aliphatic carbocycles. The maximum absolute atomic E-state index is 14.0. The summed E-state index contributed by atoms with van der Waals surface area (Å²) in [5.74, 6) is -1.78. The van der Waals surface area contributed by atoms with Crippen LogP contribution < -0.4 is 20.1 Å². The van der Waals surface area contributed by atoms with E-state index < -0.39 is 29.7 Å². The third-order valence-electron chi connectivity index (χ3n) is 5.10. The lowest BCUT2D eigenvalue weighted by molar-refractivity contribution is -0.200. The van der Waals surface area contributed by atoms with Gasteiger partial charge in [0.25, 0.3) is 17.5 Å². The smallest absolute Gasteiger partial charge is 0.440 e. The van der Waals surface area contributed by atoms with Crippen molar-refractivity contribution in [2.24, 2.45) is 0 Å². The Hall–Kier alpha value is -3.76. The fourth-order valence-corrected chi connectivity index (χ4v) is 3.36. The van der Waals surface area contributed by atoms with Crippen LogP contribution in [0.25, 0.3) is 0 Å². The van der Waals surface area contributed by atoms with E-state index in [1.807, 2.05) is 0 Å².